The van der Waals surface area contributed by atoms with Gasteiger partial charge in [0.05, 0.1) is 5.41 Å². The van der Waals surface area contributed by atoms with Crippen molar-refractivity contribution in [1.29, 1.82) is 0 Å². The summed E-state index contributed by atoms with van der Waals surface area (Å²) in [7, 11) is 0. The smallest absolute Gasteiger partial charge is 0.313 e. The van der Waals surface area contributed by atoms with E-state index in [0.717, 1.165) is 38.9 Å². The lowest BCUT2D eigenvalue weighted by Gasteiger charge is -2.41. The number of piperidine rings is 1. The molecule has 0 amide bonds. The fourth-order valence-electron chi connectivity index (χ4n) is 4.59. The van der Waals surface area contributed by atoms with Crippen molar-refractivity contribution in [3.05, 3.63) is 71.3 Å². The molecule has 0 aromatic heterocycles. The first-order chi connectivity index (χ1) is 15.1. The Bertz CT molecular complexity index is 912. The van der Waals surface area contributed by atoms with Crippen LogP contribution in [0.5, 0.6) is 0 Å². The zero-order chi connectivity index (χ0) is 23.4. The van der Waals surface area contributed by atoms with Crippen LogP contribution in [0, 0.1) is 5.92 Å². The summed E-state index contributed by atoms with van der Waals surface area (Å²) in [6, 6.07) is 17.4. The quantitative estimate of drug-likeness (QED) is 0.562. The van der Waals surface area contributed by atoms with E-state index in [1.54, 1.807) is 38.1 Å². The van der Waals surface area contributed by atoms with Crippen LogP contribution < -0.4 is 5.73 Å². The second-order valence-corrected chi connectivity index (χ2v) is 9.80. The Morgan fingerprint density at radius 3 is 2.12 bits per heavy atom. The first-order valence-electron chi connectivity index (χ1n) is 11.6. The SMILES string of the molecule is CC(C)(C(=O)O)c1ccc(C(=O)CCCN2CCC(C(C)(N)c3ccccc3)CC2)cc1. The highest BCUT2D eigenvalue weighted by Crippen LogP contribution is 2.34. The number of carboxylic acids is 1. The number of aliphatic carboxylic acids is 1. The monoisotopic (exact) mass is 436 g/mol. The molecule has 1 heterocycles. The highest BCUT2D eigenvalue weighted by Gasteiger charge is 2.34. The third-order valence-electron chi connectivity index (χ3n) is 7.17. The van der Waals surface area contributed by atoms with Crippen molar-refractivity contribution in [3.63, 3.8) is 0 Å². The molecular weight excluding hydrogens is 400 g/mol. The van der Waals surface area contributed by atoms with Gasteiger partial charge < -0.3 is 15.7 Å². The molecule has 1 unspecified atom stereocenters. The number of hydrogen-bond donors (Lipinski definition) is 2. The van der Waals surface area contributed by atoms with Gasteiger partial charge in [-0.3, -0.25) is 9.59 Å². The number of carbonyl (C=O) groups is 2. The second-order valence-electron chi connectivity index (χ2n) is 9.80. The second kappa shape index (κ2) is 9.97. The number of hydrogen-bond acceptors (Lipinski definition) is 4. The fraction of sp³-hybridized carbons (Fsp3) is 0.481. The zero-order valence-electron chi connectivity index (χ0n) is 19.5. The van der Waals surface area contributed by atoms with Crippen LogP contribution in [-0.4, -0.2) is 41.4 Å². The molecule has 32 heavy (non-hydrogen) atoms. The lowest BCUT2D eigenvalue weighted by molar-refractivity contribution is -0.142. The molecule has 1 fully saturated rings. The molecular formula is C27H36N2O3. The summed E-state index contributed by atoms with van der Waals surface area (Å²) >= 11 is 0. The number of carbonyl (C=O) groups excluding carboxylic acids is 1. The van der Waals surface area contributed by atoms with Gasteiger partial charge in [-0.05, 0) is 76.7 Å². The van der Waals surface area contributed by atoms with Gasteiger partial charge in [0.15, 0.2) is 5.78 Å². The molecule has 0 spiro atoms. The molecule has 1 aliphatic rings. The standard InChI is InChI=1S/C27H36N2O3/c1-26(2,25(31)32)21-13-11-20(12-14-21)24(30)10-7-17-29-18-15-23(16-19-29)27(3,28)22-8-5-4-6-9-22/h4-6,8-9,11-14,23H,7,10,15-19,28H2,1-3H3,(H,31,32). The van der Waals surface area contributed by atoms with Crippen molar-refractivity contribution >= 4 is 11.8 Å². The summed E-state index contributed by atoms with van der Waals surface area (Å²) in [5, 5.41) is 9.35. The molecule has 0 bridgehead atoms. The normalized spacial score (nSPS) is 17.6. The summed E-state index contributed by atoms with van der Waals surface area (Å²) in [6.45, 7) is 8.42. The topological polar surface area (TPSA) is 83.6 Å². The Kier molecular flexibility index (Phi) is 7.52. The van der Waals surface area contributed by atoms with Crippen molar-refractivity contribution in [2.75, 3.05) is 19.6 Å². The number of rotatable bonds is 9. The summed E-state index contributed by atoms with van der Waals surface area (Å²) in [5.41, 5.74) is 7.99. The Hall–Kier alpha value is -2.50. The number of likely N-dealkylation sites (tertiary alicyclic amines) is 1. The molecule has 1 aliphatic heterocycles. The fourth-order valence-corrected chi connectivity index (χ4v) is 4.59. The predicted molar refractivity (Wildman–Crippen MR) is 128 cm³/mol. The zero-order valence-corrected chi connectivity index (χ0v) is 19.5. The van der Waals surface area contributed by atoms with Gasteiger partial charge in [0.25, 0.3) is 0 Å². The third-order valence-corrected chi connectivity index (χ3v) is 7.17. The van der Waals surface area contributed by atoms with Crippen molar-refractivity contribution in [1.82, 2.24) is 4.90 Å². The van der Waals surface area contributed by atoms with Crippen molar-refractivity contribution in [2.45, 2.75) is 57.4 Å². The van der Waals surface area contributed by atoms with E-state index in [4.69, 9.17) is 5.73 Å². The van der Waals surface area contributed by atoms with Gasteiger partial charge in [0, 0.05) is 17.5 Å². The highest BCUT2D eigenvalue weighted by molar-refractivity contribution is 5.96. The summed E-state index contributed by atoms with van der Waals surface area (Å²) in [5.74, 6) is -0.311. The van der Waals surface area contributed by atoms with Crippen LogP contribution in [0.25, 0.3) is 0 Å². The average Bonchev–Trinajstić information content (AvgIpc) is 2.80. The largest absolute Gasteiger partial charge is 0.481 e. The molecule has 2 aromatic rings. The molecule has 3 N–H and O–H groups in total. The van der Waals surface area contributed by atoms with E-state index >= 15 is 0 Å². The minimum absolute atomic E-state index is 0.109. The number of carboxylic acid groups (broad SMARTS) is 1. The summed E-state index contributed by atoms with van der Waals surface area (Å²) < 4.78 is 0. The van der Waals surface area contributed by atoms with E-state index in [0.29, 0.717) is 23.5 Å². The molecule has 2 aromatic carbocycles. The van der Waals surface area contributed by atoms with Gasteiger partial charge >= 0.3 is 5.97 Å². The number of ketones is 1. The van der Waals surface area contributed by atoms with Crippen LogP contribution in [0.15, 0.2) is 54.6 Å². The third kappa shape index (κ3) is 5.45. The minimum Gasteiger partial charge on any atom is -0.481 e. The van der Waals surface area contributed by atoms with Gasteiger partial charge in [-0.25, -0.2) is 0 Å². The van der Waals surface area contributed by atoms with Crippen LogP contribution in [0.1, 0.15) is 67.9 Å². The van der Waals surface area contributed by atoms with E-state index in [2.05, 4.69) is 24.0 Å². The maximum atomic E-state index is 12.6. The van der Waals surface area contributed by atoms with Gasteiger partial charge in [-0.1, -0.05) is 54.6 Å². The average molecular weight is 437 g/mol. The van der Waals surface area contributed by atoms with E-state index in [1.807, 2.05) is 18.2 Å². The predicted octanol–water partition coefficient (Wildman–Crippen LogP) is 4.60. The van der Waals surface area contributed by atoms with E-state index < -0.39 is 11.4 Å². The van der Waals surface area contributed by atoms with Crippen LogP contribution in [0.4, 0.5) is 0 Å². The molecule has 5 nitrogen and oxygen atoms in total. The van der Waals surface area contributed by atoms with Crippen LogP contribution in [0.2, 0.25) is 0 Å². The molecule has 0 aliphatic carbocycles. The number of Topliss-reactive ketones (excluding diaryl/α,β-unsaturated/α-hetero) is 1. The molecule has 1 saturated heterocycles. The van der Waals surface area contributed by atoms with Crippen molar-refractivity contribution < 1.29 is 14.7 Å². The number of nitrogens with zero attached hydrogens (tertiary/aromatic N) is 1. The first-order valence-corrected chi connectivity index (χ1v) is 11.6. The number of benzene rings is 2. The van der Waals surface area contributed by atoms with Crippen LogP contribution in [0.3, 0.4) is 0 Å². The molecule has 172 valence electrons. The Morgan fingerprint density at radius 1 is 0.969 bits per heavy atom. The highest BCUT2D eigenvalue weighted by atomic mass is 16.4. The van der Waals surface area contributed by atoms with Gasteiger partial charge in [-0.15, -0.1) is 0 Å². The Labute approximate surface area is 191 Å². The van der Waals surface area contributed by atoms with Crippen LogP contribution in [-0.2, 0) is 15.7 Å². The van der Waals surface area contributed by atoms with Crippen LogP contribution >= 0.6 is 0 Å². The van der Waals surface area contributed by atoms with E-state index in [9.17, 15) is 14.7 Å². The van der Waals surface area contributed by atoms with E-state index in [1.165, 1.54) is 5.56 Å². The van der Waals surface area contributed by atoms with Gasteiger partial charge in [0.2, 0.25) is 0 Å². The summed E-state index contributed by atoms with van der Waals surface area (Å²) in [6.07, 6.45) is 3.46. The van der Waals surface area contributed by atoms with Crippen molar-refractivity contribution in [2.24, 2.45) is 11.7 Å². The maximum Gasteiger partial charge on any atom is 0.313 e. The molecule has 1 atom stereocenters. The molecule has 0 radical (unpaired) electrons. The molecule has 3 rings (SSSR count). The first kappa shape index (κ1) is 24.1. The lowest BCUT2D eigenvalue weighted by Crippen LogP contribution is -2.47. The lowest BCUT2D eigenvalue weighted by atomic mass is 9.75. The maximum absolute atomic E-state index is 12.6. The minimum atomic E-state index is -0.964. The Morgan fingerprint density at radius 2 is 1.56 bits per heavy atom. The molecule has 0 saturated carbocycles. The van der Waals surface area contributed by atoms with Crippen molar-refractivity contribution in [3.8, 4) is 0 Å². The van der Waals surface area contributed by atoms with Gasteiger partial charge in [0.1, 0.15) is 0 Å². The molecule has 5 heteroatoms. The summed E-state index contributed by atoms with van der Waals surface area (Å²) in [4.78, 5) is 26.4. The Balaban J connectivity index is 1.45. The van der Waals surface area contributed by atoms with Gasteiger partial charge in [-0.2, -0.15) is 0 Å². The van der Waals surface area contributed by atoms with E-state index in [-0.39, 0.29) is 11.3 Å². The number of nitrogens with two attached hydrogens (primary N) is 1.